The van der Waals surface area contributed by atoms with Crippen LogP contribution in [0.15, 0.2) is 47.4 Å². The summed E-state index contributed by atoms with van der Waals surface area (Å²) in [5.74, 6) is -0.418. The maximum Gasteiger partial charge on any atom is 0.338 e. The van der Waals surface area contributed by atoms with Gasteiger partial charge in [0.2, 0.25) is 0 Å². The van der Waals surface area contributed by atoms with Gasteiger partial charge in [0.1, 0.15) is 0 Å². The van der Waals surface area contributed by atoms with Crippen LogP contribution in [0.4, 0.5) is 5.69 Å². The van der Waals surface area contributed by atoms with Crippen molar-refractivity contribution in [1.29, 1.82) is 0 Å². The van der Waals surface area contributed by atoms with E-state index in [2.05, 4.69) is 0 Å². The van der Waals surface area contributed by atoms with Gasteiger partial charge >= 0.3 is 5.97 Å². The average molecular weight is 316 g/mol. The van der Waals surface area contributed by atoms with Crippen LogP contribution in [0.25, 0.3) is 0 Å². The summed E-state index contributed by atoms with van der Waals surface area (Å²) in [6.07, 6.45) is 0.995. The van der Waals surface area contributed by atoms with E-state index < -0.39 is 10.9 Å². The first-order chi connectivity index (χ1) is 10.9. The highest BCUT2D eigenvalue weighted by Crippen LogP contribution is 2.11. The first-order valence-corrected chi connectivity index (χ1v) is 7.01. The zero-order chi connectivity index (χ0) is 17.0. The van der Waals surface area contributed by atoms with E-state index >= 15 is 0 Å². The fourth-order valence-electron chi connectivity index (χ4n) is 1.98. The van der Waals surface area contributed by atoms with Crippen LogP contribution in [0.5, 0.6) is 0 Å². The van der Waals surface area contributed by atoms with E-state index in [1.165, 1.54) is 16.8 Å². The number of carbonyl (C=O) groups excluding carboxylic acids is 1. The molecular formula is C16H16N2O5. The number of aromatic nitrogens is 1. The third-order valence-corrected chi connectivity index (χ3v) is 3.06. The van der Waals surface area contributed by atoms with E-state index in [1.54, 1.807) is 38.1 Å². The van der Waals surface area contributed by atoms with Crippen molar-refractivity contribution < 1.29 is 14.5 Å². The van der Waals surface area contributed by atoms with Crippen LogP contribution >= 0.6 is 0 Å². The Bertz CT molecular complexity index is 778. The number of rotatable bonds is 5. The fraction of sp³-hybridized carbons (Fsp3) is 0.250. The van der Waals surface area contributed by atoms with Gasteiger partial charge in [-0.2, -0.15) is 0 Å². The third-order valence-electron chi connectivity index (χ3n) is 3.06. The molecule has 1 heterocycles. The SMILES string of the molecule is CC(C)OC(=O)c1ccc(Cn2cc([N+](=O)[O-])ccc2=O)cc1. The molecule has 0 unspecified atom stereocenters. The van der Waals surface area contributed by atoms with E-state index in [1.807, 2.05) is 0 Å². The highest BCUT2D eigenvalue weighted by molar-refractivity contribution is 5.89. The number of hydrogen-bond acceptors (Lipinski definition) is 5. The topological polar surface area (TPSA) is 91.4 Å². The molecule has 120 valence electrons. The van der Waals surface area contributed by atoms with Gasteiger partial charge in [-0.25, -0.2) is 4.79 Å². The molecule has 0 saturated heterocycles. The Morgan fingerprint density at radius 3 is 2.43 bits per heavy atom. The Labute approximate surface area is 132 Å². The molecule has 0 radical (unpaired) electrons. The number of ether oxygens (including phenoxy) is 1. The van der Waals surface area contributed by atoms with Gasteiger partial charge in [0.05, 0.1) is 29.3 Å². The second-order valence-electron chi connectivity index (χ2n) is 5.26. The molecule has 2 aromatic rings. The Hall–Kier alpha value is -2.96. The highest BCUT2D eigenvalue weighted by Gasteiger charge is 2.10. The molecule has 0 amide bonds. The van der Waals surface area contributed by atoms with Crippen LogP contribution in [-0.4, -0.2) is 21.6 Å². The summed E-state index contributed by atoms with van der Waals surface area (Å²) in [7, 11) is 0. The highest BCUT2D eigenvalue weighted by atomic mass is 16.6. The van der Waals surface area contributed by atoms with Gasteiger partial charge in [-0.1, -0.05) is 12.1 Å². The standard InChI is InChI=1S/C16H16N2O5/c1-11(2)23-16(20)13-5-3-12(4-6-13)9-17-10-14(18(21)22)7-8-15(17)19/h3-8,10-11H,9H2,1-2H3. The van der Waals surface area contributed by atoms with Crippen molar-refractivity contribution in [2.45, 2.75) is 26.5 Å². The van der Waals surface area contributed by atoms with Crippen LogP contribution in [0.3, 0.4) is 0 Å². The summed E-state index contributed by atoms with van der Waals surface area (Å²) >= 11 is 0. The minimum Gasteiger partial charge on any atom is -0.459 e. The largest absolute Gasteiger partial charge is 0.459 e. The van der Waals surface area contributed by atoms with Crippen LogP contribution in [-0.2, 0) is 11.3 Å². The van der Waals surface area contributed by atoms with E-state index in [-0.39, 0.29) is 23.9 Å². The third kappa shape index (κ3) is 4.26. The van der Waals surface area contributed by atoms with E-state index in [4.69, 9.17) is 4.74 Å². The quantitative estimate of drug-likeness (QED) is 0.480. The van der Waals surface area contributed by atoms with Gasteiger partial charge in [-0.05, 0) is 31.5 Å². The van der Waals surface area contributed by atoms with Crippen molar-refractivity contribution >= 4 is 11.7 Å². The van der Waals surface area contributed by atoms with Gasteiger partial charge in [-0.15, -0.1) is 0 Å². The molecule has 7 nitrogen and oxygen atoms in total. The van der Waals surface area contributed by atoms with Crippen LogP contribution in [0.2, 0.25) is 0 Å². The van der Waals surface area contributed by atoms with E-state index in [0.717, 1.165) is 11.6 Å². The first kappa shape index (κ1) is 16.4. The van der Waals surface area contributed by atoms with Crippen molar-refractivity contribution in [3.63, 3.8) is 0 Å². The molecule has 1 aromatic carbocycles. The molecule has 1 aromatic heterocycles. The lowest BCUT2D eigenvalue weighted by Gasteiger charge is -2.09. The molecule has 0 aliphatic carbocycles. The van der Waals surface area contributed by atoms with Crippen LogP contribution in [0.1, 0.15) is 29.8 Å². The summed E-state index contributed by atoms with van der Waals surface area (Å²) < 4.78 is 6.34. The number of nitrogens with zero attached hydrogens (tertiary/aromatic N) is 2. The minimum atomic E-state index is -0.555. The zero-order valence-electron chi connectivity index (χ0n) is 12.8. The summed E-state index contributed by atoms with van der Waals surface area (Å²) in [4.78, 5) is 33.7. The lowest BCUT2D eigenvalue weighted by Crippen LogP contribution is -2.19. The lowest BCUT2D eigenvalue weighted by molar-refractivity contribution is -0.385. The number of carbonyl (C=O) groups is 1. The van der Waals surface area contributed by atoms with Crippen molar-refractivity contribution in [2.75, 3.05) is 0 Å². The maximum absolute atomic E-state index is 11.8. The molecule has 23 heavy (non-hydrogen) atoms. The predicted molar refractivity (Wildman–Crippen MR) is 83.5 cm³/mol. The molecule has 0 aliphatic heterocycles. The molecular weight excluding hydrogens is 300 g/mol. The molecule has 0 atom stereocenters. The van der Waals surface area contributed by atoms with Gasteiger partial charge in [0.15, 0.2) is 0 Å². The predicted octanol–water partition coefficient (Wildman–Crippen LogP) is 2.37. The fourth-order valence-corrected chi connectivity index (χ4v) is 1.98. The monoisotopic (exact) mass is 316 g/mol. The van der Waals surface area contributed by atoms with E-state index in [0.29, 0.717) is 5.56 Å². The summed E-state index contributed by atoms with van der Waals surface area (Å²) in [5.41, 5.74) is 0.670. The smallest absolute Gasteiger partial charge is 0.338 e. The zero-order valence-corrected chi connectivity index (χ0v) is 12.8. The molecule has 0 aliphatic rings. The number of pyridine rings is 1. The van der Waals surface area contributed by atoms with Crippen molar-refractivity contribution in [3.05, 3.63) is 74.2 Å². The Balaban J connectivity index is 2.18. The number of benzene rings is 1. The first-order valence-electron chi connectivity index (χ1n) is 7.01. The molecule has 0 N–H and O–H groups in total. The van der Waals surface area contributed by atoms with Gasteiger partial charge < -0.3 is 9.30 Å². The maximum atomic E-state index is 11.8. The number of hydrogen-bond donors (Lipinski definition) is 0. The molecule has 2 rings (SSSR count). The Morgan fingerprint density at radius 1 is 1.22 bits per heavy atom. The molecule has 0 spiro atoms. The Morgan fingerprint density at radius 2 is 1.87 bits per heavy atom. The van der Waals surface area contributed by atoms with Crippen LogP contribution in [0, 0.1) is 10.1 Å². The lowest BCUT2D eigenvalue weighted by atomic mass is 10.1. The Kier molecular flexibility index (Phi) is 4.90. The van der Waals surface area contributed by atoms with Crippen molar-refractivity contribution in [3.8, 4) is 0 Å². The van der Waals surface area contributed by atoms with Crippen molar-refractivity contribution in [1.82, 2.24) is 4.57 Å². The second-order valence-corrected chi connectivity index (χ2v) is 5.26. The minimum absolute atomic E-state index is 0.151. The summed E-state index contributed by atoms with van der Waals surface area (Å²) in [6.45, 7) is 3.71. The molecule has 7 heteroatoms. The van der Waals surface area contributed by atoms with Gasteiger partial charge in [0, 0.05) is 12.1 Å². The molecule has 0 fully saturated rings. The number of esters is 1. The number of nitro groups is 1. The van der Waals surface area contributed by atoms with Gasteiger partial charge in [0.25, 0.3) is 11.2 Å². The normalized spacial score (nSPS) is 10.6. The average Bonchev–Trinajstić information content (AvgIpc) is 2.49. The summed E-state index contributed by atoms with van der Waals surface area (Å²) in [5, 5.41) is 10.8. The van der Waals surface area contributed by atoms with Crippen molar-refractivity contribution in [2.24, 2.45) is 0 Å². The van der Waals surface area contributed by atoms with Gasteiger partial charge in [-0.3, -0.25) is 14.9 Å². The molecule has 0 saturated carbocycles. The second kappa shape index (κ2) is 6.87. The van der Waals surface area contributed by atoms with E-state index in [9.17, 15) is 19.7 Å². The molecule has 0 bridgehead atoms. The van der Waals surface area contributed by atoms with Crippen LogP contribution < -0.4 is 5.56 Å². The summed E-state index contributed by atoms with van der Waals surface area (Å²) in [6, 6.07) is 8.89.